The zero-order valence-electron chi connectivity index (χ0n) is 39.0. The maximum absolute atomic E-state index is 12.7. The zero-order valence-corrected chi connectivity index (χ0v) is 39.0. The van der Waals surface area contributed by atoms with Crippen LogP contribution in [0.2, 0.25) is 0 Å². The van der Waals surface area contributed by atoms with Crippen LogP contribution < -0.4 is 5.11 Å². The minimum Gasteiger partial charge on any atom is -0.544 e. The number of hydrogen-bond acceptors (Lipinski definition) is 7. The van der Waals surface area contributed by atoms with Gasteiger partial charge >= 0.3 is 11.9 Å². The third-order valence-electron chi connectivity index (χ3n) is 9.10. The lowest BCUT2D eigenvalue weighted by molar-refractivity contribution is -0.889. The number of nitrogens with zero attached hydrogens (tertiary/aromatic N) is 1. The second kappa shape index (κ2) is 42.9. The topological polar surface area (TPSA) is 102 Å². The van der Waals surface area contributed by atoms with Crippen LogP contribution in [0.4, 0.5) is 0 Å². The Balaban J connectivity index is 4.51. The van der Waals surface area contributed by atoms with Crippen LogP contribution in [-0.2, 0) is 28.6 Å². The molecule has 8 heteroatoms. The molecule has 0 saturated heterocycles. The van der Waals surface area contributed by atoms with Gasteiger partial charge in [-0.05, 0) is 83.5 Å². The van der Waals surface area contributed by atoms with E-state index in [9.17, 15) is 19.5 Å². The van der Waals surface area contributed by atoms with Gasteiger partial charge < -0.3 is 28.6 Å². The van der Waals surface area contributed by atoms with Gasteiger partial charge in [0.15, 0.2) is 6.10 Å². The van der Waals surface area contributed by atoms with Crippen molar-refractivity contribution in [3.8, 4) is 0 Å². The molecule has 0 amide bonds. The summed E-state index contributed by atoms with van der Waals surface area (Å²) >= 11 is 0. The molecule has 0 radical (unpaired) electrons. The lowest BCUT2D eigenvalue weighted by atomic mass is 10.1. The van der Waals surface area contributed by atoms with E-state index in [-0.39, 0.29) is 55.5 Å². The van der Waals surface area contributed by atoms with E-state index in [0.29, 0.717) is 12.8 Å². The Morgan fingerprint density at radius 2 is 0.952 bits per heavy atom. The summed E-state index contributed by atoms with van der Waals surface area (Å²) < 4.78 is 17.1. The van der Waals surface area contributed by atoms with Crippen LogP contribution in [0.5, 0.6) is 0 Å². The average Bonchev–Trinajstić information content (AvgIpc) is 3.23. The summed E-state index contributed by atoms with van der Waals surface area (Å²) in [6.45, 7) is 4.26. The van der Waals surface area contributed by atoms with E-state index in [2.05, 4.69) is 111 Å². The Bertz CT molecular complexity index is 1510. The van der Waals surface area contributed by atoms with Gasteiger partial charge in [-0.3, -0.25) is 9.59 Å². The lowest BCUT2D eigenvalue weighted by Crippen LogP contribution is -2.55. The predicted molar refractivity (Wildman–Crippen MR) is 258 cm³/mol. The van der Waals surface area contributed by atoms with E-state index in [1.165, 1.54) is 0 Å². The van der Waals surface area contributed by atoms with Crippen molar-refractivity contribution < 1.29 is 38.2 Å². The number of carboxylic acids is 1. The van der Waals surface area contributed by atoms with Crippen molar-refractivity contribution in [2.24, 2.45) is 0 Å². The Morgan fingerprint density at radius 1 is 0.500 bits per heavy atom. The van der Waals surface area contributed by atoms with Gasteiger partial charge in [0.25, 0.3) is 0 Å². The highest BCUT2D eigenvalue weighted by Crippen LogP contribution is 2.10. The standard InChI is InChI=1S/C54H81NO7/c1-6-8-10-12-14-16-18-20-22-23-24-25-26-27-28-29-31-32-34-36-38-40-42-44-52(56)61-49-50(48-60-47-46-51(54(58)59)55(3,4)5)62-53(57)45-43-41-39-37-35-33-30-21-19-17-15-13-11-9-7-2/h8-11,13-17,19-22,24-25,27-28,30-33,35-36,38,50-51H,6-7,12,18,23,26,29,34,37,39-49H2,1-5H3/b10-8+,11-9+,15-13+,16-14+,19-17+,22-20+,25-24+,28-27+,30-21+,32-31+,35-33+,38-36+. The van der Waals surface area contributed by atoms with Crippen molar-refractivity contribution in [2.75, 3.05) is 41.0 Å². The molecule has 2 atom stereocenters. The SMILES string of the molecule is CC/C=C/C=C/C=C/C=C/C=C/CCCCCC(=O)OC(COCCC(C(=O)[O-])[N+](C)(C)C)COC(=O)CCC/C=C/C/C=C/C/C=C/C/C=C/C/C=C/C/C=C/C/C=C/CC. The van der Waals surface area contributed by atoms with Crippen molar-refractivity contribution in [1.82, 2.24) is 0 Å². The van der Waals surface area contributed by atoms with Crippen molar-refractivity contribution in [1.29, 1.82) is 0 Å². The Kier molecular flexibility index (Phi) is 39.6. The molecule has 62 heavy (non-hydrogen) atoms. The molecule has 0 aromatic rings. The summed E-state index contributed by atoms with van der Waals surface area (Å²) in [4.78, 5) is 36.9. The molecule has 0 N–H and O–H groups in total. The largest absolute Gasteiger partial charge is 0.544 e. The van der Waals surface area contributed by atoms with Gasteiger partial charge in [-0.1, -0.05) is 166 Å². The maximum atomic E-state index is 12.7. The molecule has 8 nitrogen and oxygen atoms in total. The van der Waals surface area contributed by atoms with Crippen molar-refractivity contribution >= 4 is 17.9 Å². The first-order chi connectivity index (χ1) is 30.1. The molecule has 2 unspecified atom stereocenters. The molecule has 0 heterocycles. The van der Waals surface area contributed by atoms with Crippen LogP contribution in [0, 0.1) is 0 Å². The summed E-state index contributed by atoms with van der Waals surface area (Å²) in [7, 11) is 5.35. The van der Waals surface area contributed by atoms with Crippen LogP contribution in [-0.4, -0.2) is 75.5 Å². The fourth-order valence-corrected chi connectivity index (χ4v) is 5.61. The van der Waals surface area contributed by atoms with Gasteiger partial charge in [0.05, 0.1) is 40.3 Å². The number of hydrogen-bond donors (Lipinski definition) is 0. The van der Waals surface area contributed by atoms with E-state index < -0.39 is 18.1 Å². The highest BCUT2D eigenvalue weighted by molar-refractivity contribution is 5.70. The van der Waals surface area contributed by atoms with Crippen LogP contribution in [0.25, 0.3) is 0 Å². The number of carbonyl (C=O) groups excluding carboxylic acids is 3. The van der Waals surface area contributed by atoms with Gasteiger partial charge in [0.1, 0.15) is 12.6 Å². The number of allylic oxidation sites excluding steroid dienone is 24. The monoisotopic (exact) mass is 856 g/mol. The first-order valence-corrected chi connectivity index (χ1v) is 22.9. The van der Waals surface area contributed by atoms with Crippen LogP contribution in [0.15, 0.2) is 146 Å². The Labute approximate surface area is 376 Å². The molecule has 344 valence electrons. The third-order valence-corrected chi connectivity index (χ3v) is 9.10. The normalized spacial score (nSPS) is 14.3. The second-order valence-electron chi connectivity index (χ2n) is 15.6. The molecular weight excluding hydrogens is 775 g/mol. The Hall–Kier alpha value is -4.79. The number of quaternary nitrogens is 1. The highest BCUT2D eigenvalue weighted by atomic mass is 16.6. The number of carboxylic acid groups (broad SMARTS) is 1. The van der Waals surface area contributed by atoms with Gasteiger partial charge in [0, 0.05) is 19.3 Å². The van der Waals surface area contributed by atoms with Gasteiger partial charge in [-0.25, -0.2) is 0 Å². The molecule has 0 aromatic carbocycles. The summed E-state index contributed by atoms with van der Waals surface area (Å²) in [6.07, 6.45) is 63.1. The fraction of sp³-hybridized carbons (Fsp3) is 0.500. The smallest absolute Gasteiger partial charge is 0.306 e. The van der Waals surface area contributed by atoms with Gasteiger partial charge in [-0.15, -0.1) is 0 Å². The second-order valence-corrected chi connectivity index (χ2v) is 15.6. The summed E-state index contributed by atoms with van der Waals surface area (Å²) in [6, 6.07) is -0.753. The van der Waals surface area contributed by atoms with E-state index >= 15 is 0 Å². The third kappa shape index (κ3) is 40.6. The number of aliphatic carboxylic acids is 1. The van der Waals surface area contributed by atoms with E-state index in [1.807, 2.05) is 48.6 Å². The molecule has 0 saturated carbocycles. The number of rotatable bonds is 38. The van der Waals surface area contributed by atoms with Gasteiger partial charge in [-0.2, -0.15) is 0 Å². The summed E-state index contributed by atoms with van der Waals surface area (Å²) in [5.41, 5.74) is 0. The Morgan fingerprint density at radius 3 is 1.45 bits per heavy atom. The predicted octanol–water partition coefficient (Wildman–Crippen LogP) is 11.6. The zero-order chi connectivity index (χ0) is 45.6. The maximum Gasteiger partial charge on any atom is 0.306 e. The first kappa shape index (κ1) is 57.2. The number of esters is 2. The minimum atomic E-state index is -1.15. The van der Waals surface area contributed by atoms with Crippen LogP contribution in [0.3, 0.4) is 0 Å². The summed E-state index contributed by atoms with van der Waals surface area (Å²) in [5.74, 6) is -1.89. The first-order valence-electron chi connectivity index (χ1n) is 22.9. The molecule has 0 aliphatic carbocycles. The quantitative estimate of drug-likeness (QED) is 0.0200. The van der Waals surface area contributed by atoms with E-state index in [0.717, 1.165) is 77.0 Å². The van der Waals surface area contributed by atoms with E-state index in [1.54, 1.807) is 21.1 Å². The molecule has 0 rings (SSSR count). The molecule has 0 spiro atoms. The van der Waals surface area contributed by atoms with Crippen molar-refractivity contribution in [3.05, 3.63) is 146 Å². The van der Waals surface area contributed by atoms with E-state index in [4.69, 9.17) is 14.2 Å². The van der Waals surface area contributed by atoms with Crippen molar-refractivity contribution in [3.63, 3.8) is 0 Å². The van der Waals surface area contributed by atoms with Crippen LogP contribution in [0.1, 0.15) is 123 Å². The van der Waals surface area contributed by atoms with Gasteiger partial charge in [0.2, 0.25) is 0 Å². The molecular formula is C54H81NO7. The lowest BCUT2D eigenvalue weighted by Gasteiger charge is -2.34. The number of likely N-dealkylation sites (N-methyl/N-ethyl adjacent to an activating group) is 1. The number of unbranched alkanes of at least 4 members (excludes halogenated alkanes) is 4. The number of ether oxygens (including phenoxy) is 3. The molecule has 0 aromatic heterocycles. The minimum absolute atomic E-state index is 0.00698. The fourth-order valence-electron chi connectivity index (χ4n) is 5.61. The van der Waals surface area contributed by atoms with Crippen LogP contribution >= 0.6 is 0 Å². The summed E-state index contributed by atoms with van der Waals surface area (Å²) in [5, 5.41) is 11.6. The number of carbonyl (C=O) groups is 3. The average molecular weight is 856 g/mol. The van der Waals surface area contributed by atoms with Crippen molar-refractivity contribution in [2.45, 2.75) is 135 Å². The molecule has 0 fully saturated rings. The molecule has 0 bridgehead atoms. The highest BCUT2D eigenvalue weighted by Gasteiger charge is 2.25. The molecule has 0 aliphatic rings. The molecule has 0 aliphatic heterocycles.